The number of hydrogen-bond acceptors (Lipinski definition) is 4. The van der Waals surface area contributed by atoms with Crippen LogP contribution in [0.5, 0.6) is 0 Å². The molecule has 2 rings (SSSR count). The maximum absolute atomic E-state index is 13.2. The summed E-state index contributed by atoms with van der Waals surface area (Å²) in [5.41, 5.74) is 5.13. The molecule has 3 N–H and O–H groups in total. The zero-order chi connectivity index (χ0) is 13.2. The Bertz CT molecular complexity index is 528. The predicted octanol–water partition coefficient (Wildman–Crippen LogP) is 1.44. The molecular weight excluding hydrogens is 275 g/mol. The van der Waals surface area contributed by atoms with Crippen LogP contribution in [0.2, 0.25) is 0 Å². The van der Waals surface area contributed by atoms with Gasteiger partial charge in [0.25, 0.3) is 0 Å². The molecule has 0 spiro atoms. The van der Waals surface area contributed by atoms with E-state index in [0.29, 0.717) is 12.5 Å². The average molecular weight is 290 g/mol. The van der Waals surface area contributed by atoms with Crippen LogP contribution in [0.1, 0.15) is 6.42 Å². The summed E-state index contributed by atoms with van der Waals surface area (Å²) in [5, 5.41) is 0. The molecule has 4 nitrogen and oxygen atoms in total. The Kier molecular flexibility index (Phi) is 4.14. The van der Waals surface area contributed by atoms with Crippen molar-refractivity contribution in [1.82, 2.24) is 4.72 Å². The number of halogens is 1. The molecule has 0 amide bonds. The van der Waals surface area contributed by atoms with Crippen LogP contribution in [0.15, 0.2) is 23.1 Å². The summed E-state index contributed by atoms with van der Waals surface area (Å²) in [5.74, 6) is 1.66. The topological polar surface area (TPSA) is 72.2 Å². The number of benzene rings is 1. The van der Waals surface area contributed by atoms with Crippen molar-refractivity contribution in [2.45, 2.75) is 11.3 Å². The Balaban J connectivity index is 2.12. The first kappa shape index (κ1) is 13.6. The summed E-state index contributed by atoms with van der Waals surface area (Å²) >= 11 is 1.81. The summed E-state index contributed by atoms with van der Waals surface area (Å²) in [6.07, 6.45) is 1.01. The molecule has 0 saturated carbocycles. The van der Waals surface area contributed by atoms with E-state index in [1.807, 2.05) is 11.8 Å². The highest BCUT2D eigenvalue weighted by atomic mass is 32.2. The summed E-state index contributed by atoms with van der Waals surface area (Å²) in [6.45, 7) is 0.380. The zero-order valence-corrected chi connectivity index (χ0v) is 11.4. The minimum atomic E-state index is -3.73. The molecule has 1 aliphatic heterocycles. The van der Waals surface area contributed by atoms with Gasteiger partial charge in [-0.1, -0.05) is 6.07 Å². The summed E-state index contributed by atoms with van der Waals surface area (Å²) < 4.78 is 39.7. The molecule has 0 bridgehead atoms. The van der Waals surface area contributed by atoms with Crippen LogP contribution in [0.25, 0.3) is 0 Å². The summed E-state index contributed by atoms with van der Waals surface area (Å²) in [6, 6.07) is 3.79. The molecule has 0 aromatic heterocycles. The average Bonchev–Trinajstić information content (AvgIpc) is 2.83. The van der Waals surface area contributed by atoms with Crippen molar-refractivity contribution < 1.29 is 12.8 Å². The van der Waals surface area contributed by atoms with E-state index in [1.165, 1.54) is 12.1 Å². The molecule has 1 aliphatic rings. The molecule has 1 aromatic carbocycles. The first-order chi connectivity index (χ1) is 8.50. The van der Waals surface area contributed by atoms with Gasteiger partial charge in [-0.25, -0.2) is 17.5 Å². The molecule has 1 atom stereocenters. The highest BCUT2D eigenvalue weighted by Gasteiger charge is 2.22. The number of rotatable bonds is 4. The molecule has 0 radical (unpaired) electrons. The molecule has 1 aromatic rings. The third-order valence-corrected chi connectivity index (χ3v) is 5.60. The van der Waals surface area contributed by atoms with Gasteiger partial charge in [0.15, 0.2) is 0 Å². The molecule has 100 valence electrons. The van der Waals surface area contributed by atoms with E-state index in [9.17, 15) is 12.8 Å². The second-order valence-corrected chi connectivity index (χ2v) is 7.12. The van der Waals surface area contributed by atoms with Gasteiger partial charge in [0.05, 0.1) is 5.69 Å². The lowest BCUT2D eigenvalue weighted by Crippen LogP contribution is -2.30. The van der Waals surface area contributed by atoms with Crippen LogP contribution in [0.3, 0.4) is 0 Å². The number of thioether (sulfide) groups is 1. The van der Waals surface area contributed by atoms with Gasteiger partial charge in [-0.15, -0.1) is 0 Å². The van der Waals surface area contributed by atoms with Crippen molar-refractivity contribution in [1.29, 1.82) is 0 Å². The van der Waals surface area contributed by atoms with Gasteiger partial charge >= 0.3 is 0 Å². The van der Waals surface area contributed by atoms with E-state index in [0.717, 1.165) is 24.0 Å². The van der Waals surface area contributed by atoms with Gasteiger partial charge < -0.3 is 5.73 Å². The van der Waals surface area contributed by atoms with Crippen molar-refractivity contribution >= 4 is 27.5 Å². The van der Waals surface area contributed by atoms with E-state index in [2.05, 4.69) is 4.72 Å². The smallest absolute Gasteiger partial charge is 0.242 e. The van der Waals surface area contributed by atoms with Gasteiger partial charge in [-0.05, 0) is 36.0 Å². The first-order valence-electron chi connectivity index (χ1n) is 5.62. The number of nitrogens with two attached hydrogens (primary N) is 1. The Labute approximate surface area is 110 Å². The fourth-order valence-corrected chi connectivity index (χ4v) is 4.34. The maximum atomic E-state index is 13.2. The molecule has 18 heavy (non-hydrogen) atoms. The number of nitrogens with one attached hydrogen (secondary N) is 1. The van der Waals surface area contributed by atoms with E-state index in [4.69, 9.17) is 5.73 Å². The summed E-state index contributed by atoms with van der Waals surface area (Å²) in [4.78, 5) is -0.187. The third-order valence-electron chi connectivity index (χ3n) is 2.89. The van der Waals surface area contributed by atoms with Gasteiger partial charge in [0, 0.05) is 6.54 Å². The summed E-state index contributed by atoms with van der Waals surface area (Å²) in [7, 11) is -3.73. The number of hydrogen-bond donors (Lipinski definition) is 2. The monoisotopic (exact) mass is 290 g/mol. The molecule has 1 unspecified atom stereocenters. The van der Waals surface area contributed by atoms with Gasteiger partial charge in [-0.3, -0.25) is 0 Å². The molecule has 1 fully saturated rings. The number of para-hydroxylation sites is 1. The Morgan fingerprint density at radius 3 is 2.94 bits per heavy atom. The number of nitrogen functional groups attached to an aromatic ring is 1. The lowest BCUT2D eigenvalue weighted by Gasteiger charge is -2.12. The van der Waals surface area contributed by atoms with Crippen molar-refractivity contribution in [3.63, 3.8) is 0 Å². The fraction of sp³-hybridized carbons (Fsp3) is 0.455. The van der Waals surface area contributed by atoms with Crippen LogP contribution in [0.4, 0.5) is 10.1 Å². The second kappa shape index (κ2) is 5.46. The van der Waals surface area contributed by atoms with E-state index in [-0.39, 0.29) is 10.6 Å². The van der Waals surface area contributed by atoms with Crippen molar-refractivity contribution in [3.05, 3.63) is 24.0 Å². The minimum absolute atomic E-state index is 0.187. The minimum Gasteiger partial charge on any atom is -0.395 e. The zero-order valence-electron chi connectivity index (χ0n) is 9.73. The van der Waals surface area contributed by atoms with Crippen LogP contribution in [-0.2, 0) is 10.0 Å². The van der Waals surface area contributed by atoms with Gasteiger partial charge in [0.1, 0.15) is 10.7 Å². The van der Waals surface area contributed by atoms with Crippen molar-refractivity contribution in [2.24, 2.45) is 5.92 Å². The van der Waals surface area contributed by atoms with Crippen molar-refractivity contribution in [3.8, 4) is 0 Å². The van der Waals surface area contributed by atoms with E-state index >= 15 is 0 Å². The Hall–Kier alpha value is -0.790. The fourth-order valence-electron chi connectivity index (χ4n) is 1.80. The van der Waals surface area contributed by atoms with Crippen LogP contribution < -0.4 is 10.5 Å². The normalized spacial score (nSPS) is 20.2. The SMILES string of the molecule is Nc1c(F)cccc1S(=O)(=O)NCC1CCSC1. The second-order valence-electron chi connectivity index (χ2n) is 4.23. The lowest BCUT2D eigenvalue weighted by molar-refractivity contribution is 0.545. The first-order valence-corrected chi connectivity index (χ1v) is 8.26. The number of anilines is 1. The lowest BCUT2D eigenvalue weighted by atomic mass is 10.1. The molecule has 1 saturated heterocycles. The molecule has 1 heterocycles. The number of sulfonamides is 1. The standard InChI is InChI=1S/C11H15FN2O2S2/c12-9-2-1-3-10(11(9)13)18(15,16)14-6-8-4-5-17-7-8/h1-3,8,14H,4-7,13H2. The van der Waals surface area contributed by atoms with E-state index in [1.54, 1.807) is 0 Å². The highest BCUT2D eigenvalue weighted by Crippen LogP contribution is 2.24. The van der Waals surface area contributed by atoms with Crippen LogP contribution >= 0.6 is 11.8 Å². The predicted molar refractivity (Wildman–Crippen MR) is 71.4 cm³/mol. The van der Waals surface area contributed by atoms with Gasteiger partial charge in [-0.2, -0.15) is 11.8 Å². The molecular formula is C11H15FN2O2S2. The largest absolute Gasteiger partial charge is 0.395 e. The Morgan fingerprint density at radius 2 is 2.28 bits per heavy atom. The Morgan fingerprint density at radius 1 is 1.50 bits per heavy atom. The maximum Gasteiger partial charge on any atom is 0.242 e. The quantitative estimate of drug-likeness (QED) is 0.823. The van der Waals surface area contributed by atoms with Crippen LogP contribution in [-0.4, -0.2) is 26.5 Å². The highest BCUT2D eigenvalue weighted by molar-refractivity contribution is 7.99. The third kappa shape index (κ3) is 2.96. The van der Waals surface area contributed by atoms with Crippen molar-refractivity contribution in [2.75, 3.05) is 23.8 Å². The van der Waals surface area contributed by atoms with Crippen LogP contribution in [0, 0.1) is 11.7 Å². The van der Waals surface area contributed by atoms with Gasteiger partial charge in [0.2, 0.25) is 10.0 Å². The molecule has 0 aliphatic carbocycles. The molecule has 7 heteroatoms. The van der Waals surface area contributed by atoms with E-state index < -0.39 is 15.8 Å².